The van der Waals surface area contributed by atoms with Crippen molar-refractivity contribution in [2.45, 2.75) is 19.8 Å². The van der Waals surface area contributed by atoms with Gasteiger partial charge in [0.1, 0.15) is 0 Å². The summed E-state index contributed by atoms with van der Waals surface area (Å²) in [6, 6.07) is 5.26. The summed E-state index contributed by atoms with van der Waals surface area (Å²) in [5, 5.41) is 3.21. The molecule has 1 rings (SSSR count). The summed E-state index contributed by atoms with van der Waals surface area (Å²) in [5.74, 6) is -0.0422. The second kappa shape index (κ2) is 8.43. The molecule has 1 aromatic rings. The third kappa shape index (κ3) is 5.09. The van der Waals surface area contributed by atoms with E-state index in [1.54, 1.807) is 37.2 Å². The average Bonchev–Trinajstić information content (AvgIpc) is 2.42. The highest BCUT2D eigenvalue weighted by Gasteiger charge is 2.13. The molecular weight excluding hydrogens is 254 g/mol. The minimum Gasteiger partial charge on any atom is -0.399 e. The van der Waals surface area contributed by atoms with E-state index in [0.717, 1.165) is 25.1 Å². The molecular formula is C15H25N3O2. The molecule has 0 atom stereocenters. The predicted molar refractivity (Wildman–Crippen MR) is 83.1 cm³/mol. The zero-order chi connectivity index (χ0) is 15.0. The van der Waals surface area contributed by atoms with Crippen LogP contribution in [0.5, 0.6) is 0 Å². The number of nitrogen functional groups attached to an aromatic ring is 1. The third-order valence-electron chi connectivity index (χ3n) is 2.88. The fourth-order valence-corrected chi connectivity index (χ4v) is 1.74. The molecule has 0 radical (unpaired) electrons. The molecule has 0 aromatic heterocycles. The van der Waals surface area contributed by atoms with Crippen LogP contribution in [0, 0.1) is 0 Å². The lowest BCUT2D eigenvalue weighted by atomic mass is 10.1. The number of unbranched alkanes of at least 4 members (excludes halogenated alkanes) is 1. The number of nitrogens with one attached hydrogen (secondary N) is 1. The smallest absolute Gasteiger partial charge is 0.255 e. The highest BCUT2D eigenvalue weighted by atomic mass is 16.5. The van der Waals surface area contributed by atoms with Crippen molar-refractivity contribution in [2.75, 3.05) is 44.9 Å². The summed E-state index contributed by atoms with van der Waals surface area (Å²) < 4.78 is 5.48. The van der Waals surface area contributed by atoms with E-state index in [-0.39, 0.29) is 5.91 Å². The monoisotopic (exact) mass is 279 g/mol. The lowest BCUT2D eigenvalue weighted by molar-refractivity contribution is 0.0828. The number of benzene rings is 1. The molecule has 112 valence electrons. The minimum absolute atomic E-state index is 0.0422. The maximum Gasteiger partial charge on any atom is 0.255 e. The van der Waals surface area contributed by atoms with Gasteiger partial charge < -0.3 is 20.7 Å². The number of ether oxygens (including phenoxy) is 1. The van der Waals surface area contributed by atoms with Crippen molar-refractivity contribution in [1.82, 2.24) is 4.90 Å². The molecule has 0 heterocycles. The third-order valence-corrected chi connectivity index (χ3v) is 2.88. The van der Waals surface area contributed by atoms with Crippen molar-refractivity contribution < 1.29 is 9.53 Å². The van der Waals surface area contributed by atoms with Crippen LogP contribution < -0.4 is 11.1 Å². The average molecular weight is 279 g/mol. The van der Waals surface area contributed by atoms with Gasteiger partial charge in [-0.05, 0) is 24.6 Å². The summed E-state index contributed by atoms with van der Waals surface area (Å²) in [4.78, 5) is 13.6. The van der Waals surface area contributed by atoms with E-state index in [1.165, 1.54) is 0 Å². The molecule has 0 saturated carbocycles. The number of carbonyl (C=O) groups excluding carboxylic acids is 1. The normalized spacial score (nSPS) is 10.3. The second-order valence-corrected chi connectivity index (χ2v) is 4.90. The molecule has 20 heavy (non-hydrogen) atoms. The fourth-order valence-electron chi connectivity index (χ4n) is 1.74. The lowest BCUT2D eigenvalue weighted by Gasteiger charge is -2.16. The Kier molecular flexibility index (Phi) is 6.87. The summed E-state index contributed by atoms with van der Waals surface area (Å²) in [6.45, 7) is 4.18. The van der Waals surface area contributed by atoms with E-state index < -0.39 is 0 Å². The number of rotatable bonds is 8. The van der Waals surface area contributed by atoms with Crippen LogP contribution in [0.25, 0.3) is 0 Å². The Labute approximate surface area is 121 Å². The Morgan fingerprint density at radius 3 is 2.75 bits per heavy atom. The zero-order valence-corrected chi connectivity index (χ0v) is 12.6. The summed E-state index contributed by atoms with van der Waals surface area (Å²) in [6.07, 6.45) is 2.20. The first-order valence-electron chi connectivity index (χ1n) is 6.99. The molecule has 1 aromatic carbocycles. The first kappa shape index (κ1) is 16.3. The molecule has 5 heteroatoms. The highest BCUT2D eigenvalue weighted by Crippen LogP contribution is 2.20. The van der Waals surface area contributed by atoms with Crippen molar-refractivity contribution in [3.8, 4) is 0 Å². The van der Waals surface area contributed by atoms with E-state index in [0.29, 0.717) is 24.4 Å². The topological polar surface area (TPSA) is 67.6 Å². The van der Waals surface area contributed by atoms with E-state index >= 15 is 0 Å². The number of nitrogens with two attached hydrogens (primary N) is 1. The standard InChI is InChI=1S/C15H25N3O2/c1-4-5-9-20-10-8-17-14-11-12(16)6-7-13(14)15(19)18(2)3/h6-7,11,17H,4-5,8-10,16H2,1-3H3. The molecule has 0 aliphatic heterocycles. The molecule has 0 aliphatic rings. The van der Waals surface area contributed by atoms with Crippen LogP contribution in [-0.2, 0) is 4.74 Å². The number of anilines is 2. The zero-order valence-electron chi connectivity index (χ0n) is 12.6. The molecule has 0 aliphatic carbocycles. The van der Waals surface area contributed by atoms with Gasteiger partial charge in [0.15, 0.2) is 0 Å². The van der Waals surface area contributed by atoms with Gasteiger partial charge in [0.2, 0.25) is 0 Å². The maximum absolute atomic E-state index is 12.1. The van der Waals surface area contributed by atoms with Gasteiger partial charge in [0.05, 0.1) is 12.2 Å². The van der Waals surface area contributed by atoms with Crippen LogP contribution in [0.2, 0.25) is 0 Å². The molecule has 5 nitrogen and oxygen atoms in total. The van der Waals surface area contributed by atoms with Crippen LogP contribution >= 0.6 is 0 Å². The number of nitrogens with zero attached hydrogens (tertiary/aromatic N) is 1. The van der Waals surface area contributed by atoms with Gasteiger partial charge in [0, 0.05) is 38.6 Å². The van der Waals surface area contributed by atoms with Crippen molar-refractivity contribution in [3.63, 3.8) is 0 Å². The van der Waals surface area contributed by atoms with Gasteiger partial charge >= 0.3 is 0 Å². The quantitative estimate of drug-likeness (QED) is 0.565. The summed E-state index contributed by atoms with van der Waals surface area (Å²) in [7, 11) is 3.46. The molecule has 0 saturated heterocycles. The lowest BCUT2D eigenvalue weighted by Crippen LogP contribution is -2.23. The first-order valence-corrected chi connectivity index (χ1v) is 6.99. The Morgan fingerprint density at radius 1 is 1.35 bits per heavy atom. The molecule has 3 N–H and O–H groups in total. The Bertz CT molecular complexity index is 433. The Morgan fingerprint density at radius 2 is 2.10 bits per heavy atom. The van der Waals surface area contributed by atoms with Crippen molar-refractivity contribution in [2.24, 2.45) is 0 Å². The van der Waals surface area contributed by atoms with E-state index in [4.69, 9.17) is 10.5 Å². The Balaban J connectivity index is 2.59. The van der Waals surface area contributed by atoms with Gasteiger partial charge in [-0.3, -0.25) is 4.79 Å². The number of carbonyl (C=O) groups is 1. The number of hydrogen-bond acceptors (Lipinski definition) is 4. The molecule has 1 amide bonds. The highest BCUT2D eigenvalue weighted by molar-refractivity contribution is 5.99. The number of amides is 1. The predicted octanol–water partition coefficient (Wildman–Crippen LogP) is 2.20. The van der Waals surface area contributed by atoms with Gasteiger partial charge in [-0.15, -0.1) is 0 Å². The minimum atomic E-state index is -0.0422. The van der Waals surface area contributed by atoms with Crippen LogP contribution in [0.1, 0.15) is 30.1 Å². The summed E-state index contributed by atoms with van der Waals surface area (Å²) in [5.41, 5.74) is 7.79. The SMILES string of the molecule is CCCCOCCNc1cc(N)ccc1C(=O)N(C)C. The number of hydrogen-bond donors (Lipinski definition) is 2. The largest absolute Gasteiger partial charge is 0.399 e. The molecule has 0 spiro atoms. The molecule has 0 unspecified atom stereocenters. The van der Waals surface area contributed by atoms with Crippen LogP contribution in [0.4, 0.5) is 11.4 Å². The van der Waals surface area contributed by atoms with Crippen LogP contribution in [0.15, 0.2) is 18.2 Å². The van der Waals surface area contributed by atoms with Crippen molar-refractivity contribution in [1.29, 1.82) is 0 Å². The van der Waals surface area contributed by atoms with Gasteiger partial charge in [-0.2, -0.15) is 0 Å². The Hall–Kier alpha value is -1.75. The van der Waals surface area contributed by atoms with E-state index in [9.17, 15) is 4.79 Å². The fraction of sp³-hybridized carbons (Fsp3) is 0.533. The van der Waals surface area contributed by atoms with Gasteiger partial charge in [-0.1, -0.05) is 13.3 Å². The van der Waals surface area contributed by atoms with E-state index in [2.05, 4.69) is 12.2 Å². The van der Waals surface area contributed by atoms with Crippen molar-refractivity contribution in [3.05, 3.63) is 23.8 Å². The van der Waals surface area contributed by atoms with Crippen LogP contribution in [-0.4, -0.2) is 44.7 Å². The second-order valence-electron chi connectivity index (χ2n) is 4.90. The van der Waals surface area contributed by atoms with Crippen molar-refractivity contribution >= 4 is 17.3 Å². The van der Waals surface area contributed by atoms with Crippen LogP contribution in [0.3, 0.4) is 0 Å². The van der Waals surface area contributed by atoms with E-state index in [1.807, 2.05) is 0 Å². The molecule has 0 bridgehead atoms. The first-order chi connectivity index (χ1) is 9.56. The van der Waals surface area contributed by atoms with Gasteiger partial charge in [0.25, 0.3) is 5.91 Å². The maximum atomic E-state index is 12.1. The summed E-state index contributed by atoms with van der Waals surface area (Å²) >= 11 is 0. The van der Waals surface area contributed by atoms with Gasteiger partial charge in [-0.25, -0.2) is 0 Å². The molecule has 0 fully saturated rings.